The molecular weight excluding hydrogens is 395 g/mol. The number of ether oxygens (including phenoxy) is 3. The van der Waals surface area contributed by atoms with E-state index in [1.54, 1.807) is 37.5 Å². The molecule has 0 N–H and O–H groups in total. The molecule has 0 spiro atoms. The third-order valence-corrected chi connectivity index (χ3v) is 4.83. The second-order valence-corrected chi connectivity index (χ2v) is 6.77. The molecule has 1 aliphatic heterocycles. The van der Waals surface area contributed by atoms with Gasteiger partial charge in [-0.1, -0.05) is 35.9 Å². The molecule has 1 heterocycles. The number of hydrogen-bond donors (Lipinski definition) is 0. The highest BCUT2D eigenvalue weighted by atomic mass is 35.5. The minimum absolute atomic E-state index is 0.162. The number of carbonyl (C=O) groups is 1. The Bertz CT molecular complexity index is 1120. The normalized spacial score (nSPS) is 13.9. The molecule has 0 atom stereocenters. The van der Waals surface area contributed by atoms with Gasteiger partial charge in [-0.05, 0) is 36.4 Å². The first-order valence-electron chi connectivity index (χ1n) is 8.83. The zero-order valence-electron chi connectivity index (χ0n) is 15.4. The van der Waals surface area contributed by atoms with Gasteiger partial charge < -0.3 is 14.2 Å². The number of carbonyl (C=O) groups excluding carboxylic acids is 1. The summed E-state index contributed by atoms with van der Waals surface area (Å²) in [4.78, 5) is 12.6. The van der Waals surface area contributed by atoms with Gasteiger partial charge in [-0.25, -0.2) is 4.39 Å². The number of allylic oxidation sites excluding steroid dienone is 1. The number of rotatable bonds is 5. The molecule has 3 aromatic rings. The average Bonchev–Trinajstić information content (AvgIpc) is 3.02. The summed E-state index contributed by atoms with van der Waals surface area (Å²) < 4.78 is 29.9. The summed E-state index contributed by atoms with van der Waals surface area (Å²) in [5, 5.41) is 0.291. The lowest BCUT2D eigenvalue weighted by molar-refractivity contribution is 0.101. The molecule has 146 valence electrons. The maximum atomic E-state index is 13.2. The number of methoxy groups -OCH3 is 1. The van der Waals surface area contributed by atoms with Crippen LogP contribution in [0.2, 0.25) is 5.02 Å². The Morgan fingerprint density at radius 3 is 2.72 bits per heavy atom. The van der Waals surface area contributed by atoms with Crippen LogP contribution in [0.5, 0.6) is 17.2 Å². The SMILES string of the molecule is COc1ccccc1/C=C1\Oc2cc(OCc3ccc(F)cc3Cl)ccc2C1=O. The van der Waals surface area contributed by atoms with E-state index < -0.39 is 5.82 Å². The zero-order chi connectivity index (χ0) is 20.4. The summed E-state index contributed by atoms with van der Waals surface area (Å²) in [6, 6.07) is 16.5. The van der Waals surface area contributed by atoms with Crippen molar-refractivity contribution in [2.24, 2.45) is 0 Å². The molecule has 0 fully saturated rings. The Kier molecular flexibility index (Phi) is 5.23. The van der Waals surface area contributed by atoms with Gasteiger partial charge in [0.1, 0.15) is 29.7 Å². The molecule has 4 nitrogen and oxygen atoms in total. The lowest BCUT2D eigenvalue weighted by atomic mass is 10.1. The fourth-order valence-corrected chi connectivity index (χ4v) is 3.21. The summed E-state index contributed by atoms with van der Waals surface area (Å²) in [5.74, 6) is 1.17. The number of Topliss-reactive ketones (excluding diaryl/α,β-unsaturated/α-hetero) is 1. The van der Waals surface area contributed by atoms with Crippen LogP contribution in [0.4, 0.5) is 4.39 Å². The van der Waals surface area contributed by atoms with E-state index in [1.165, 1.54) is 12.1 Å². The van der Waals surface area contributed by atoms with Crippen LogP contribution in [0.3, 0.4) is 0 Å². The maximum Gasteiger partial charge on any atom is 0.231 e. The summed E-state index contributed by atoms with van der Waals surface area (Å²) in [5.41, 5.74) is 1.86. The lowest BCUT2D eigenvalue weighted by Crippen LogP contribution is -1.98. The summed E-state index contributed by atoms with van der Waals surface area (Å²) in [7, 11) is 1.57. The summed E-state index contributed by atoms with van der Waals surface area (Å²) in [6.07, 6.45) is 1.65. The molecule has 0 unspecified atom stereocenters. The van der Waals surface area contributed by atoms with Gasteiger partial charge in [-0.15, -0.1) is 0 Å². The van der Waals surface area contributed by atoms with Gasteiger partial charge in [0.2, 0.25) is 5.78 Å². The number of benzene rings is 3. The highest BCUT2D eigenvalue weighted by molar-refractivity contribution is 6.31. The Hall–Kier alpha value is -3.31. The van der Waals surface area contributed by atoms with Gasteiger partial charge in [0, 0.05) is 17.2 Å². The Balaban J connectivity index is 1.53. The van der Waals surface area contributed by atoms with Crippen LogP contribution >= 0.6 is 11.6 Å². The first-order valence-corrected chi connectivity index (χ1v) is 9.21. The Labute approximate surface area is 172 Å². The molecule has 6 heteroatoms. The molecule has 29 heavy (non-hydrogen) atoms. The molecule has 0 bridgehead atoms. The fourth-order valence-electron chi connectivity index (χ4n) is 2.98. The molecule has 4 rings (SSSR count). The quantitative estimate of drug-likeness (QED) is 0.507. The van der Waals surface area contributed by atoms with Crippen molar-refractivity contribution in [3.05, 3.63) is 94.0 Å². The number of ketones is 1. The third-order valence-electron chi connectivity index (χ3n) is 4.48. The van der Waals surface area contributed by atoms with Crippen LogP contribution < -0.4 is 14.2 Å². The van der Waals surface area contributed by atoms with Gasteiger partial charge >= 0.3 is 0 Å². The predicted octanol–water partition coefficient (Wildman–Crippen LogP) is 5.68. The highest BCUT2D eigenvalue weighted by Crippen LogP contribution is 2.36. The Morgan fingerprint density at radius 2 is 1.93 bits per heavy atom. The van der Waals surface area contributed by atoms with Crippen molar-refractivity contribution in [3.8, 4) is 17.2 Å². The van der Waals surface area contributed by atoms with Crippen molar-refractivity contribution >= 4 is 23.5 Å². The second kappa shape index (κ2) is 7.97. The minimum atomic E-state index is -0.405. The van der Waals surface area contributed by atoms with Crippen LogP contribution in [0.25, 0.3) is 6.08 Å². The van der Waals surface area contributed by atoms with Crippen molar-refractivity contribution in [3.63, 3.8) is 0 Å². The van der Waals surface area contributed by atoms with Crippen molar-refractivity contribution in [2.45, 2.75) is 6.61 Å². The van der Waals surface area contributed by atoms with E-state index in [4.69, 9.17) is 25.8 Å². The first-order chi connectivity index (χ1) is 14.0. The minimum Gasteiger partial charge on any atom is -0.496 e. The highest BCUT2D eigenvalue weighted by Gasteiger charge is 2.28. The average molecular weight is 411 g/mol. The van der Waals surface area contributed by atoms with Crippen LogP contribution in [-0.4, -0.2) is 12.9 Å². The molecule has 0 saturated carbocycles. The molecule has 0 saturated heterocycles. The molecule has 3 aromatic carbocycles. The monoisotopic (exact) mass is 410 g/mol. The first kappa shape index (κ1) is 19.0. The van der Waals surface area contributed by atoms with Crippen LogP contribution in [0, 0.1) is 5.82 Å². The van der Waals surface area contributed by atoms with E-state index in [1.807, 2.05) is 24.3 Å². The van der Waals surface area contributed by atoms with Gasteiger partial charge in [-0.3, -0.25) is 4.79 Å². The van der Waals surface area contributed by atoms with Gasteiger partial charge in [0.05, 0.1) is 17.7 Å². The predicted molar refractivity (Wildman–Crippen MR) is 108 cm³/mol. The molecular formula is C23H16ClFO4. The molecule has 1 aliphatic rings. The van der Waals surface area contributed by atoms with Crippen molar-refractivity contribution in [1.82, 2.24) is 0 Å². The molecule has 0 amide bonds. The Morgan fingerprint density at radius 1 is 1.10 bits per heavy atom. The largest absolute Gasteiger partial charge is 0.496 e. The van der Waals surface area contributed by atoms with Gasteiger partial charge in [0.15, 0.2) is 5.76 Å². The van der Waals surface area contributed by atoms with Gasteiger partial charge in [0.25, 0.3) is 0 Å². The summed E-state index contributed by atoms with van der Waals surface area (Å²) in [6.45, 7) is 0.162. The molecule has 0 aromatic heterocycles. The van der Waals surface area contributed by atoms with E-state index in [0.717, 1.165) is 5.56 Å². The second-order valence-electron chi connectivity index (χ2n) is 6.36. The number of hydrogen-bond acceptors (Lipinski definition) is 4. The lowest BCUT2D eigenvalue weighted by Gasteiger charge is -2.09. The smallest absolute Gasteiger partial charge is 0.231 e. The van der Waals surface area contributed by atoms with Crippen LogP contribution in [-0.2, 0) is 6.61 Å². The maximum absolute atomic E-state index is 13.2. The molecule has 0 radical (unpaired) electrons. The number of para-hydroxylation sites is 1. The van der Waals surface area contributed by atoms with Gasteiger partial charge in [-0.2, -0.15) is 0 Å². The van der Waals surface area contributed by atoms with E-state index >= 15 is 0 Å². The number of halogens is 2. The zero-order valence-corrected chi connectivity index (χ0v) is 16.2. The number of fused-ring (bicyclic) bond motifs is 1. The van der Waals surface area contributed by atoms with Crippen molar-refractivity contribution in [1.29, 1.82) is 0 Å². The summed E-state index contributed by atoms with van der Waals surface area (Å²) >= 11 is 6.02. The topological polar surface area (TPSA) is 44.8 Å². The van der Waals surface area contributed by atoms with Crippen LogP contribution in [0.1, 0.15) is 21.5 Å². The molecule has 0 aliphatic carbocycles. The van der Waals surface area contributed by atoms with E-state index in [2.05, 4.69) is 0 Å². The third kappa shape index (κ3) is 3.96. The van der Waals surface area contributed by atoms with E-state index in [0.29, 0.717) is 33.4 Å². The van der Waals surface area contributed by atoms with E-state index in [9.17, 15) is 9.18 Å². The van der Waals surface area contributed by atoms with Crippen molar-refractivity contribution in [2.75, 3.05) is 7.11 Å². The standard InChI is InChI=1S/C23H16ClFO4/c1-27-20-5-3-2-4-14(20)10-22-23(26)18-9-8-17(12-21(18)29-22)28-13-15-6-7-16(25)11-19(15)24/h2-12H,13H2,1H3/b22-10-. The van der Waals surface area contributed by atoms with Crippen molar-refractivity contribution < 1.29 is 23.4 Å². The van der Waals surface area contributed by atoms with Crippen LogP contribution in [0.15, 0.2) is 66.4 Å². The van der Waals surface area contributed by atoms with E-state index in [-0.39, 0.29) is 18.1 Å². The fraction of sp³-hybridized carbons (Fsp3) is 0.0870.